The minimum Gasteiger partial charge on any atom is -0.496 e. The van der Waals surface area contributed by atoms with Gasteiger partial charge in [-0.2, -0.15) is 5.10 Å². The molecule has 8 nitrogen and oxygen atoms in total. The summed E-state index contributed by atoms with van der Waals surface area (Å²) in [5, 5.41) is 6.42. The summed E-state index contributed by atoms with van der Waals surface area (Å²) in [5.41, 5.74) is 2.20. The molecule has 1 aromatic carbocycles. The van der Waals surface area contributed by atoms with Gasteiger partial charge >= 0.3 is 6.03 Å². The van der Waals surface area contributed by atoms with Crippen LogP contribution in [0.15, 0.2) is 27.8 Å². The average molecular weight is 411 g/mol. The molecule has 1 aliphatic rings. The third-order valence-electron chi connectivity index (χ3n) is 3.59. The number of nitrogens with one attached hydrogen (secondary N) is 2. The van der Waals surface area contributed by atoms with Crippen LogP contribution in [0.4, 0.5) is 4.79 Å². The first-order valence-electron chi connectivity index (χ1n) is 7.54. The maximum Gasteiger partial charge on any atom is 0.325 e. The molecule has 0 saturated carbocycles. The van der Waals surface area contributed by atoms with Gasteiger partial charge in [-0.3, -0.25) is 14.5 Å². The Morgan fingerprint density at radius 2 is 2.16 bits per heavy atom. The minimum absolute atomic E-state index is 0.00351. The molecule has 1 aromatic rings. The van der Waals surface area contributed by atoms with Gasteiger partial charge in [0.15, 0.2) is 0 Å². The van der Waals surface area contributed by atoms with Crippen molar-refractivity contribution >= 4 is 40.0 Å². The number of amides is 4. The molecule has 2 rings (SSSR count). The lowest BCUT2D eigenvalue weighted by Crippen LogP contribution is -2.40. The molecule has 2 N–H and O–H groups in total. The van der Waals surface area contributed by atoms with Crippen molar-refractivity contribution < 1.29 is 19.1 Å². The second-order valence-corrected chi connectivity index (χ2v) is 6.80. The fourth-order valence-corrected chi connectivity index (χ4v) is 2.79. The van der Waals surface area contributed by atoms with Crippen molar-refractivity contribution in [3.63, 3.8) is 0 Å². The number of hydrogen-bond donors (Lipinski definition) is 2. The monoisotopic (exact) mass is 410 g/mol. The number of benzene rings is 1. The molecule has 9 heteroatoms. The van der Waals surface area contributed by atoms with E-state index in [1.54, 1.807) is 39.2 Å². The largest absolute Gasteiger partial charge is 0.496 e. The van der Waals surface area contributed by atoms with Crippen molar-refractivity contribution in [2.24, 2.45) is 5.10 Å². The van der Waals surface area contributed by atoms with Crippen LogP contribution in [0.1, 0.15) is 25.8 Å². The van der Waals surface area contributed by atoms with Gasteiger partial charge in [0.2, 0.25) is 5.91 Å². The van der Waals surface area contributed by atoms with Crippen molar-refractivity contribution in [2.45, 2.75) is 25.8 Å². The van der Waals surface area contributed by atoms with E-state index < -0.39 is 17.5 Å². The zero-order valence-electron chi connectivity index (χ0n) is 14.1. The molecule has 1 fully saturated rings. The van der Waals surface area contributed by atoms with Gasteiger partial charge in [-0.05, 0) is 53.5 Å². The normalized spacial score (nSPS) is 16.2. The smallest absolute Gasteiger partial charge is 0.325 e. The van der Waals surface area contributed by atoms with E-state index in [1.165, 1.54) is 6.21 Å². The first kappa shape index (κ1) is 18.9. The summed E-state index contributed by atoms with van der Waals surface area (Å²) < 4.78 is 5.90. The maximum absolute atomic E-state index is 12.0. The Hall–Kier alpha value is -2.42. The van der Waals surface area contributed by atoms with Gasteiger partial charge in [0, 0.05) is 13.0 Å². The van der Waals surface area contributed by atoms with Gasteiger partial charge in [0.25, 0.3) is 5.91 Å². The highest BCUT2D eigenvalue weighted by atomic mass is 79.9. The van der Waals surface area contributed by atoms with Crippen LogP contribution >= 0.6 is 15.9 Å². The predicted octanol–water partition coefficient (Wildman–Crippen LogP) is 1.63. The van der Waals surface area contributed by atoms with E-state index in [2.05, 4.69) is 31.8 Å². The quantitative estimate of drug-likeness (QED) is 0.422. The zero-order chi connectivity index (χ0) is 18.6. The SMILES string of the molecule is COc1ccc(/C=N\NC(=O)CCN2C(=O)NC(C)(C)C2=O)cc1Br. The van der Waals surface area contributed by atoms with E-state index in [0.717, 1.165) is 14.9 Å². The molecule has 1 heterocycles. The fraction of sp³-hybridized carbons (Fsp3) is 0.375. The number of carbonyl (C=O) groups excluding carboxylic acids is 3. The molecule has 1 aliphatic heterocycles. The highest BCUT2D eigenvalue weighted by Crippen LogP contribution is 2.24. The Bertz CT molecular complexity index is 733. The van der Waals surface area contributed by atoms with Crippen molar-refractivity contribution in [3.05, 3.63) is 28.2 Å². The van der Waals surface area contributed by atoms with Crippen LogP contribution in [0.2, 0.25) is 0 Å². The van der Waals surface area contributed by atoms with Crippen LogP contribution in [0.25, 0.3) is 0 Å². The van der Waals surface area contributed by atoms with Crippen molar-refractivity contribution in [3.8, 4) is 5.75 Å². The minimum atomic E-state index is -0.937. The molecule has 0 radical (unpaired) electrons. The van der Waals surface area contributed by atoms with Crippen molar-refractivity contribution in [1.82, 2.24) is 15.6 Å². The summed E-state index contributed by atoms with van der Waals surface area (Å²) in [4.78, 5) is 36.6. The Morgan fingerprint density at radius 1 is 1.44 bits per heavy atom. The van der Waals surface area contributed by atoms with E-state index in [0.29, 0.717) is 5.75 Å². The Balaban J connectivity index is 1.84. The lowest BCUT2D eigenvalue weighted by Gasteiger charge is -2.15. The molecular weight excluding hydrogens is 392 g/mol. The van der Waals surface area contributed by atoms with Gasteiger partial charge in [0.1, 0.15) is 11.3 Å². The second-order valence-electron chi connectivity index (χ2n) is 5.95. The molecule has 4 amide bonds. The number of carbonyl (C=O) groups is 3. The lowest BCUT2D eigenvalue weighted by atomic mass is 10.1. The lowest BCUT2D eigenvalue weighted by molar-refractivity contribution is -0.130. The molecule has 134 valence electrons. The van der Waals surface area contributed by atoms with Crippen LogP contribution in [-0.2, 0) is 9.59 Å². The third kappa shape index (κ3) is 4.56. The molecule has 0 aliphatic carbocycles. The highest BCUT2D eigenvalue weighted by molar-refractivity contribution is 9.10. The van der Waals surface area contributed by atoms with Crippen molar-refractivity contribution in [2.75, 3.05) is 13.7 Å². The van der Waals surface area contributed by atoms with Crippen LogP contribution in [0.3, 0.4) is 0 Å². The molecule has 0 atom stereocenters. The molecule has 0 bridgehead atoms. The van der Waals surface area contributed by atoms with E-state index in [4.69, 9.17) is 4.74 Å². The maximum atomic E-state index is 12.0. The zero-order valence-corrected chi connectivity index (χ0v) is 15.7. The molecule has 0 unspecified atom stereocenters. The number of urea groups is 1. The Morgan fingerprint density at radius 3 is 2.72 bits per heavy atom. The Labute approximate surface area is 153 Å². The number of hydrazone groups is 1. The standard InChI is InChI=1S/C16H19BrN4O4/c1-16(2)14(23)21(15(24)19-16)7-6-13(22)20-18-9-10-4-5-12(25-3)11(17)8-10/h4-5,8-9H,6-7H2,1-3H3,(H,19,24)(H,20,22)/b18-9-. The summed E-state index contributed by atoms with van der Waals surface area (Å²) in [6.45, 7) is 3.23. The molecule has 1 saturated heterocycles. The fourth-order valence-electron chi connectivity index (χ4n) is 2.23. The number of nitrogens with zero attached hydrogens (tertiary/aromatic N) is 2. The molecule has 0 spiro atoms. The van der Waals surface area contributed by atoms with Crippen molar-refractivity contribution in [1.29, 1.82) is 0 Å². The number of hydrogen-bond acceptors (Lipinski definition) is 5. The first-order valence-corrected chi connectivity index (χ1v) is 8.33. The first-order chi connectivity index (χ1) is 11.7. The van der Waals surface area contributed by atoms with Gasteiger partial charge < -0.3 is 10.1 Å². The van der Waals surface area contributed by atoms with Gasteiger partial charge in [-0.15, -0.1) is 0 Å². The van der Waals surface area contributed by atoms with E-state index in [1.807, 2.05) is 0 Å². The number of ether oxygens (including phenoxy) is 1. The summed E-state index contributed by atoms with van der Waals surface area (Å²) >= 11 is 3.36. The van der Waals surface area contributed by atoms with Gasteiger partial charge in [-0.1, -0.05) is 0 Å². The molecule has 0 aromatic heterocycles. The van der Waals surface area contributed by atoms with Gasteiger partial charge in [0.05, 0.1) is 17.8 Å². The van der Waals surface area contributed by atoms with Crippen LogP contribution in [0.5, 0.6) is 5.75 Å². The summed E-state index contributed by atoms with van der Waals surface area (Å²) in [6.07, 6.45) is 1.46. The summed E-state index contributed by atoms with van der Waals surface area (Å²) in [5.74, 6) is -0.0521. The van der Waals surface area contributed by atoms with Crippen LogP contribution < -0.4 is 15.5 Å². The molecule has 25 heavy (non-hydrogen) atoms. The van der Waals surface area contributed by atoms with E-state index >= 15 is 0 Å². The van der Waals surface area contributed by atoms with Crippen LogP contribution in [0, 0.1) is 0 Å². The number of imide groups is 1. The highest BCUT2D eigenvalue weighted by Gasteiger charge is 2.43. The van der Waals surface area contributed by atoms with Crippen LogP contribution in [-0.4, -0.2) is 48.2 Å². The van der Waals surface area contributed by atoms with E-state index in [-0.39, 0.29) is 18.9 Å². The topological polar surface area (TPSA) is 100 Å². The second kappa shape index (κ2) is 7.64. The number of rotatable bonds is 6. The summed E-state index contributed by atoms with van der Waals surface area (Å²) in [6, 6.07) is 4.86. The summed E-state index contributed by atoms with van der Waals surface area (Å²) in [7, 11) is 1.57. The molecular formula is C16H19BrN4O4. The average Bonchev–Trinajstić information content (AvgIpc) is 2.73. The van der Waals surface area contributed by atoms with Gasteiger partial charge in [-0.25, -0.2) is 10.2 Å². The van der Waals surface area contributed by atoms with E-state index in [9.17, 15) is 14.4 Å². The number of halogens is 1. The third-order valence-corrected chi connectivity index (χ3v) is 4.21. The number of methoxy groups -OCH3 is 1. The predicted molar refractivity (Wildman–Crippen MR) is 95.4 cm³/mol. The Kier molecular flexibility index (Phi) is 5.78.